The fourth-order valence-electron chi connectivity index (χ4n) is 1.00. The molecule has 0 aromatic rings. The van der Waals surface area contributed by atoms with Crippen LogP contribution in [0.4, 0.5) is 0 Å². The summed E-state index contributed by atoms with van der Waals surface area (Å²) in [5.74, 6) is -1.49. The van der Waals surface area contributed by atoms with Crippen LogP contribution >= 0.6 is 12.4 Å². The van der Waals surface area contributed by atoms with Crippen molar-refractivity contribution in [2.45, 2.75) is 25.3 Å². The summed E-state index contributed by atoms with van der Waals surface area (Å²) in [5, 5.41) is 11.1. The first-order valence-electron chi connectivity index (χ1n) is 4.54. The molecule has 0 spiro atoms. The highest BCUT2D eigenvalue weighted by atomic mass is 35.5. The maximum atomic E-state index is 10.8. The highest BCUT2D eigenvalue weighted by Crippen LogP contribution is 2.00. The van der Waals surface area contributed by atoms with E-state index in [2.05, 4.69) is 5.32 Å². The molecule has 0 aliphatic heterocycles. The zero-order valence-corrected chi connectivity index (χ0v) is 9.26. The fourth-order valence-corrected chi connectivity index (χ4v) is 1.00. The van der Waals surface area contributed by atoms with Crippen LogP contribution in [0.25, 0.3) is 0 Å². The van der Waals surface area contributed by atoms with Gasteiger partial charge >= 0.3 is 5.97 Å². The molecule has 0 bridgehead atoms. The molecule has 0 saturated heterocycles. The molecule has 1 atom stereocenters. The molecule has 0 unspecified atom stereocenters. The van der Waals surface area contributed by atoms with E-state index in [1.807, 2.05) is 0 Å². The van der Waals surface area contributed by atoms with Crippen molar-refractivity contribution in [2.24, 2.45) is 11.5 Å². The van der Waals surface area contributed by atoms with Gasteiger partial charge in [0.15, 0.2) is 0 Å². The molecule has 0 aromatic carbocycles. The molecule has 15 heavy (non-hydrogen) atoms. The van der Waals surface area contributed by atoms with Gasteiger partial charge in [-0.1, -0.05) is 0 Å². The average molecular weight is 240 g/mol. The first kappa shape index (κ1) is 16.6. The second kappa shape index (κ2) is 9.70. The molecule has 0 aliphatic rings. The topological polar surface area (TPSA) is 118 Å². The van der Waals surface area contributed by atoms with E-state index in [9.17, 15) is 9.59 Å². The van der Waals surface area contributed by atoms with E-state index in [1.165, 1.54) is 0 Å². The number of carboxylic acid groups (broad SMARTS) is 1. The van der Waals surface area contributed by atoms with Crippen LogP contribution in [-0.4, -0.2) is 36.1 Å². The van der Waals surface area contributed by atoms with Crippen molar-refractivity contribution in [3.05, 3.63) is 0 Å². The monoisotopic (exact) mass is 239 g/mol. The van der Waals surface area contributed by atoms with E-state index in [0.717, 1.165) is 6.42 Å². The van der Waals surface area contributed by atoms with E-state index in [4.69, 9.17) is 16.6 Å². The molecular formula is C8H18ClN3O3. The highest BCUT2D eigenvalue weighted by molar-refractivity contribution is 5.85. The maximum absolute atomic E-state index is 10.8. The first-order valence-corrected chi connectivity index (χ1v) is 4.54. The number of nitrogens with one attached hydrogen (secondary N) is 1. The quantitative estimate of drug-likeness (QED) is 0.428. The van der Waals surface area contributed by atoms with Crippen LogP contribution in [0.15, 0.2) is 0 Å². The number of amides is 1. The Labute approximate surface area is 94.8 Å². The second-order valence-electron chi connectivity index (χ2n) is 2.95. The Morgan fingerprint density at radius 3 is 2.27 bits per heavy atom. The molecular weight excluding hydrogens is 222 g/mol. The maximum Gasteiger partial charge on any atom is 0.326 e. The lowest BCUT2D eigenvalue weighted by atomic mass is 10.1. The summed E-state index contributed by atoms with van der Waals surface area (Å²) < 4.78 is 0. The van der Waals surface area contributed by atoms with Crippen molar-refractivity contribution in [3.63, 3.8) is 0 Å². The van der Waals surface area contributed by atoms with Gasteiger partial charge in [-0.2, -0.15) is 0 Å². The fraction of sp³-hybridized carbons (Fsp3) is 0.750. The SMILES string of the molecule is Cl.NCCCC[C@H](NC(=O)CN)C(=O)O. The Morgan fingerprint density at radius 2 is 1.87 bits per heavy atom. The largest absolute Gasteiger partial charge is 0.480 e. The van der Waals surface area contributed by atoms with E-state index in [0.29, 0.717) is 19.4 Å². The van der Waals surface area contributed by atoms with Gasteiger partial charge in [-0.05, 0) is 25.8 Å². The summed E-state index contributed by atoms with van der Waals surface area (Å²) in [4.78, 5) is 21.5. The lowest BCUT2D eigenvalue weighted by Crippen LogP contribution is -2.43. The minimum Gasteiger partial charge on any atom is -0.480 e. The lowest BCUT2D eigenvalue weighted by Gasteiger charge is -2.13. The molecule has 6 nitrogen and oxygen atoms in total. The molecule has 0 radical (unpaired) electrons. The average Bonchev–Trinajstić information content (AvgIpc) is 2.16. The van der Waals surface area contributed by atoms with Crippen LogP contribution in [0.1, 0.15) is 19.3 Å². The van der Waals surface area contributed by atoms with E-state index >= 15 is 0 Å². The summed E-state index contributed by atoms with van der Waals surface area (Å²) >= 11 is 0. The summed E-state index contributed by atoms with van der Waals surface area (Å²) in [6.07, 6.45) is 1.82. The van der Waals surface area contributed by atoms with Crippen LogP contribution in [0.3, 0.4) is 0 Å². The molecule has 0 rings (SSSR count). The highest BCUT2D eigenvalue weighted by Gasteiger charge is 2.18. The molecule has 0 aliphatic carbocycles. The van der Waals surface area contributed by atoms with Gasteiger partial charge in [-0.15, -0.1) is 12.4 Å². The Bertz CT molecular complexity index is 202. The van der Waals surface area contributed by atoms with Crippen LogP contribution in [0.2, 0.25) is 0 Å². The Morgan fingerprint density at radius 1 is 1.27 bits per heavy atom. The first-order chi connectivity index (χ1) is 6.61. The Kier molecular flexibility index (Phi) is 10.7. The smallest absolute Gasteiger partial charge is 0.326 e. The van der Waals surface area contributed by atoms with Gasteiger partial charge in [0, 0.05) is 0 Å². The van der Waals surface area contributed by atoms with Crippen LogP contribution in [-0.2, 0) is 9.59 Å². The summed E-state index contributed by atoms with van der Waals surface area (Å²) in [6, 6.07) is -0.849. The zero-order chi connectivity index (χ0) is 11.0. The van der Waals surface area contributed by atoms with Crippen molar-refractivity contribution in [3.8, 4) is 0 Å². The minimum atomic E-state index is -1.04. The lowest BCUT2D eigenvalue weighted by molar-refractivity contribution is -0.141. The number of hydrogen-bond donors (Lipinski definition) is 4. The number of carbonyl (C=O) groups is 2. The Balaban J connectivity index is 0. The zero-order valence-electron chi connectivity index (χ0n) is 8.44. The predicted molar refractivity (Wildman–Crippen MR) is 58.8 cm³/mol. The molecule has 0 heterocycles. The van der Waals surface area contributed by atoms with E-state index in [-0.39, 0.29) is 19.0 Å². The van der Waals surface area contributed by atoms with Gasteiger partial charge in [-0.3, -0.25) is 4.79 Å². The van der Waals surface area contributed by atoms with Gasteiger partial charge in [0.1, 0.15) is 6.04 Å². The third-order valence-corrected chi connectivity index (χ3v) is 1.77. The molecule has 7 heteroatoms. The number of rotatable bonds is 7. The number of nitrogens with two attached hydrogens (primary N) is 2. The van der Waals surface area contributed by atoms with Crippen LogP contribution in [0, 0.1) is 0 Å². The van der Waals surface area contributed by atoms with Gasteiger partial charge in [-0.25, -0.2) is 4.79 Å². The number of carboxylic acids is 1. The van der Waals surface area contributed by atoms with Crippen molar-refractivity contribution in [2.75, 3.05) is 13.1 Å². The molecule has 0 saturated carbocycles. The number of carbonyl (C=O) groups excluding carboxylic acids is 1. The standard InChI is InChI=1S/C8H17N3O3.ClH/c9-4-2-1-3-6(8(13)14)11-7(12)5-10;/h6H,1-5,9-10H2,(H,11,12)(H,13,14);1H/t6-;/m0./s1. The van der Waals surface area contributed by atoms with Crippen LogP contribution in [0.5, 0.6) is 0 Å². The number of halogens is 1. The molecule has 0 aromatic heterocycles. The summed E-state index contributed by atoms with van der Waals surface area (Å²) in [7, 11) is 0. The predicted octanol–water partition coefficient (Wildman–Crippen LogP) is -0.935. The molecule has 6 N–H and O–H groups in total. The molecule has 1 amide bonds. The van der Waals surface area contributed by atoms with Gasteiger partial charge in [0.05, 0.1) is 6.54 Å². The van der Waals surface area contributed by atoms with Crippen molar-refractivity contribution in [1.29, 1.82) is 0 Å². The third kappa shape index (κ3) is 8.17. The molecule has 0 fully saturated rings. The van der Waals surface area contributed by atoms with E-state index < -0.39 is 17.9 Å². The number of hydrogen-bond acceptors (Lipinski definition) is 4. The van der Waals surface area contributed by atoms with Crippen molar-refractivity contribution in [1.82, 2.24) is 5.32 Å². The van der Waals surface area contributed by atoms with E-state index in [1.54, 1.807) is 0 Å². The normalized spacial score (nSPS) is 11.3. The summed E-state index contributed by atoms with van der Waals surface area (Å²) in [6.45, 7) is 0.331. The molecule has 90 valence electrons. The minimum absolute atomic E-state index is 0. The van der Waals surface area contributed by atoms with Gasteiger partial charge in [0.25, 0.3) is 0 Å². The number of unbranched alkanes of at least 4 members (excludes halogenated alkanes) is 1. The van der Waals surface area contributed by atoms with Crippen LogP contribution < -0.4 is 16.8 Å². The van der Waals surface area contributed by atoms with Crippen molar-refractivity contribution < 1.29 is 14.7 Å². The van der Waals surface area contributed by atoms with Crippen molar-refractivity contribution >= 4 is 24.3 Å². The Hall–Kier alpha value is -0.850. The summed E-state index contributed by atoms with van der Waals surface area (Å²) in [5.41, 5.74) is 10.3. The van der Waals surface area contributed by atoms with Gasteiger partial charge < -0.3 is 21.9 Å². The van der Waals surface area contributed by atoms with Gasteiger partial charge in [0.2, 0.25) is 5.91 Å². The number of aliphatic carboxylic acids is 1. The second-order valence-corrected chi connectivity index (χ2v) is 2.95. The third-order valence-electron chi connectivity index (χ3n) is 1.77.